The van der Waals surface area contributed by atoms with E-state index in [1.54, 1.807) is 4.90 Å². The van der Waals surface area contributed by atoms with Crippen LogP contribution in [0.4, 0.5) is 4.79 Å². The van der Waals surface area contributed by atoms with Gasteiger partial charge in [0.1, 0.15) is 11.7 Å². The molecular weight excluding hydrogens is 454 g/mol. The van der Waals surface area contributed by atoms with E-state index >= 15 is 0 Å². The number of carbonyl (C=O) groups excluding carboxylic acids is 1. The van der Waals surface area contributed by atoms with Crippen molar-refractivity contribution in [3.05, 3.63) is 59.3 Å². The SMILES string of the molecule is CC(C)n1cc(C#N)c2cc(-c3nc(-c4cccc5c4CCN(C(=O)OC(C)(C)C)C5)no3)ccc21. The van der Waals surface area contributed by atoms with E-state index in [-0.39, 0.29) is 12.1 Å². The molecule has 0 aliphatic carbocycles. The molecule has 0 radical (unpaired) electrons. The lowest BCUT2D eigenvalue weighted by Crippen LogP contribution is -2.40. The van der Waals surface area contributed by atoms with Crippen molar-refractivity contribution in [2.45, 2.75) is 59.2 Å². The van der Waals surface area contributed by atoms with E-state index in [9.17, 15) is 10.1 Å². The van der Waals surface area contributed by atoms with Crippen LogP contribution in [0.2, 0.25) is 0 Å². The predicted molar refractivity (Wildman–Crippen MR) is 136 cm³/mol. The van der Waals surface area contributed by atoms with Crippen molar-refractivity contribution in [1.82, 2.24) is 19.6 Å². The molecule has 0 saturated heterocycles. The summed E-state index contributed by atoms with van der Waals surface area (Å²) in [6.45, 7) is 10.8. The van der Waals surface area contributed by atoms with Crippen LogP contribution in [-0.4, -0.2) is 37.8 Å². The number of hydrogen-bond acceptors (Lipinski definition) is 6. The Bertz CT molecular complexity index is 1500. The molecule has 2 aromatic heterocycles. The Morgan fingerprint density at radius 3 is 2.75 bits per heavy atom. The van der Waals surface area contributed by atoms with Crippen LogP contribution in [-0.2, 0) is 17.7 Å². The van der Waals surface area contributed by atoms with Gasteiger partial charge in [0.2, 0.25) is 5.82 Å². The number of amides is 1. The summed E-state index contributed by atoms with van der Waals surface area (Å²) in [5.41, 5.74) is 4.90. The zero-order valence-corrected chi connectivity index (χ0v) is 21.2. The molecule has 0 saturated carbocycles. The van der Waals surface area contributed by atoms with Crippen molar-refractivity contribution >= 4 is 17.0 Å². The van der Waals surface area contributed by atoms with Crippen LogP contribution >= 0.6 is 0 Å². The third-order valence-electron chi connectivity index (χ3n) is 6.34. The summed E-state index contributed by atoms with van der Waals surface area (Å²) in [6.07, 6.45) is 2.25. The van der Waals surface area contributed by atoms with Gasteiger partial charge in [-0.2, -0.15) is 10.2 Å². The zero-order valence-electron chi connectivity index (χ0n) is 21.2. The Labute approximate surface area is 210 Å². The van der Waals surface area contributed by atoms with Gasteiger partial charge in [0.25, 0.3) is 5.89 Å². The molecular formula is C28H29N5O3. The lowest BCUT2D eigenvalue weighted by atomic mass is 9.94. The van der Waals surface area contributed by atoms with Crippen LogP contribution in [0.5, 0.6) is 0 Å². The first kappa shape index (κ1) is 23.6. The third-order valence-corrected chi connectivity index (χ3v) is 6.34. The van der Waals surface area contributed by atoms with E-state index in [0.29, 0.717) is 36.8 Å². The lowest BCUT2D eigenvalue weighted by molar-refractivity contribution is 0.0224. The molecule has 8 nitrogen and oxygen atoms in total. The highest BCUT2D eigenvalue weighted by molar-refractivity contribution is 5.90. The van der Waals surface area contributed by atoms with E-state index in [0.717, 1.165) is 33.2 Å². The summed E-state index contributed by atoms with van der Waals surface area (Å²) in [5.74, 6) is 0.907. The number of benzene rings is 2. The van der Waals surface area contributed by atoms with Gasteiger partial charge in [-0.3, -0.25) is 0 Å². The number of aromatic nitrogens is 3. The summed E-state index contributed by atoms with van der Waals surface area (Å²) in [5, 5.41) is 14.8. The molecule has 4 aromatic rings. The largest absolute Gasteiger partial charge is 0.444 e. The van der Waals surface area contributed by atoms with Crippen molar-refractivity contribution < 1.29 is 14.1 Å². The Kier molecular flexibility index (Phi) is 5.79. The molecule has 3 heterocycles. The summed E-state index contributed by atoms with van der Waals surface area (Å²) < 4.78 is 13.3. The van der Waals surface area contributed by atoms with Crippen molar-refractivity contribution in [3.63, 3.8) is 0 Å². The normalized spacial score (nSPS) is 13.6. The van der Waals surface area contributed by atoms with Crippen molar-refractivity contribution in [2.75, 3.05) is 6.54 Å². The molecule has 36 heavy (non-hydrogen) atoms. The Morgan fingerprint density at radius 2 is 2.03 bits per heavy atom. The number of ether oxygens (including phenoxy) is 1. The minimum Gasteiger partial charge on any atom is -0.444 e. The van der Waals surface area contributed by atoms with Crippen LogP contribution in [0.1, 0.15) is 57.4 Å². The molecule has 8 heteroatoms. The monoisotopic (exact) mass is 483 g/mol. The Morgan fingerprint density at radius 1 is 1.22 bits per heavy atom. The minimum absolute atomic E-state index is 0.242. The quantitative estimate of drug-likeness (QED) is 0.349. The molecule has 1 aliphatic heterocycles. The van der Waals surface area contributed by atoms with Gasteiger partial charge in [0, 0.05) is 47.4 Å². The van der Waals surface area contributed by atoms with Gasteiger partial charge in [-0.05, 0) is 70.4 Å². The van der Waals surface area contributed by atoms with E-state index in [1.807, 2.05) is 63.4 Å². The average molecular weight is 484 g/mol. The molecule has 0 N–H and O–H groups in total. The predicted octanol–water partition coefficient (Wildman–Crippen LogP) is 6.10. The molecule has 1 amide bonds. The highest BCUT2D eigenvalue weighted by atomic mass is 16.6. The molecule has 0 spiro atoms. The lowest BCUT2D eigenvalue weighted by Gasteiger charge is -2.31. The van der Waals surface area contributed by atoms with Gasteiger partial charge in [0.05, 0.1) is 5.56 Å². The van der Waals surface area contributed by atoms with Gasteiger partial charge in [-0.15, -0.1) is 0 Å². The molecule has 5 rings (SSSR count). The van der Waals surface area contributed by atoms with Crippen LogP contribution in [0.25, 0.3) is 33.7 Å². The molecule has 0 bridgehead atoms. The van der Waals surface area contributed by atoms with Crippen LogP contribution in [0, 0.1) is 11.3 Å². The first-order valence-corrected chi connectivity index (χ1v) is 12.1. The molecule has 184 valence electrons. The van der Waals surface area contributed by atoms with Crippen LogP contribution in [0.3, 0.4) is 0 Å². The number of carbonyl (C=O) groups is 1. The van der Waals surface area contributed by atoms with E-state index in [1.165, 1.54) is 0 Å². The smallest absolute Gasteiger partial charge is 0.410 e. The standard InChI is InChI=1S/C28H29N5O3/c1-17(2)33-16-20(14-29)23-13-18(9-10-24(23)33)26-30-25(31-36-26)22-8-6-7-19-15-32(12-11-21(19)22)27(34)35-28(3,4)5/h6-10,13,16-17H,11-12,15H2,1-5H3. The van der Waals surface area contributed by atoms with Crippen LogP contribution in [0.15, 0.2) is 47.1 Å². The average Bonchev–Trinajstić information content (AvgIpc) is 3.47. The van der Waals surface area contributed by atoms with Gasteiger partial charge >= 0.3 is 6.09 Å². The number of fused-ring (bicyclic) bond motifs is 2. The van der Waals surface area contributed by atoms with E-state index in [2.05, 4.69) is 29.6 Å². The maximum atomic E-state index is 12.6. The van der Waals surface area contributed by atoms with E-state index in [4.69, 9.17) is 14.2 Å². The summed E-state index contributed by atoms with van der Waals surface area (Å²) in [4.78, 5) is 19.0. The summed E-state index contributed by atoms with van der Waals surface area (Å²) in [6, 6.07) is 14.3. The maximum absolute atomic E-state index is 12.6. The highest BCUT2D eigenvalue weighted by Gasteiger charge is 2.28. The van der Waals surface area contributed by atoms with Crippen LogP contribution < -0.4 is 0 Å². The van der Waals surface area contributed by atoms with Gasteiger partial charge in [-0.1, -0.05) is 23.4 Å². The highest BCUT2D eigenvalue weighted by Crippen LogP contribution is 2.33. The molecule has 0 fully saturated rings. The second-order valence-corrected chi connectivity index (χ2v) is 10.4. The number of rotatable bonds is 3. The number of nitriles is 1. The molecule has 0 unspecified atom stereocenters. The molecule has 1 aliphatic rings. The van der Waals surface area contributed by atoms with Gasteiger partial charge in [0.15, 0.2) is 0 Å². The topological polar surface area (TPSA) is 97.2 Å². The molecule has 2 aromatic carbocycles. The minimum atomic E-state index is -0.533. The zero-order chi connectivity index (χ0) is 25.6. The fourth-order valence-electron chi connectivity index (χ4n) is 4.66. The third kappa shape index (κ3) is 4.33. The second-order valence-electron chi connectivity index (χ2n) is 10.4. The fourth-order valence-corrected chi connectivity index (χ4v) is 4.66. The Balaban J connectivity index is 1.44. The number of hydrogen-bond donors (Lipinski definition) is 0. The first-order chi connectivity index (χ1) is 17.1. The Hall–Kier alpha value is -4.12. The van der Waals surface area contributed by atoms with Crippen molar-refractivity contribution in [1.29, 1.82) is 5.26 Å². The van der Waals surface area contributed by atoms with Gasteiger partial charge < -0.3 is 18.7 Å². The van der Waals surface area contributed by atoms with Gasteiger partial charge in [-0.25, -0.2) is 4.79 Å². The second kappa shape index (κ2) is 8.83. The maximum Gasteiger partial charge on any atom is 0.410 e. The first-order valence-electron chi connectivity index (χ1n) is 12.1. The van der Waals surface area contributed by atoms with Crippen molar-refractivity contribution in [3.8, 4) is 28.9 Å². The summed E-state index contributed by atoms with van der Waals surface area (Å²) in [7, 11) is 0. The van der Waals surface area contributed by atoms with E-state index < -0.39 is 5.60 Å². The summed E-state index contributed by atoms with van der Waals surface area (Å²) >= 11 is 0. The number of nitrogens with zero attached hydrogens (tertiary/aromatic N) is 5. The fraction of sp³-hybridized carbons (Fsp3) is 0.357. The molecule has 0 atom stereocenters. The van der Waals surface area contributed by atoms with Crippen molar-refractivity contribution in [2.24, 2.45) is 0 Å².